The molecule has 1 aliphatic heterocycles. The second kappa shape index (κ2) is 9.15. The van der Waals surface area contributed by atoms with E-state index in [1.165, 1.54) is 4.31 Å². The zero-order valence-corrected chi connectivity index (χ0v) is 18.2. The number of alkyl halides is 3. The van der Waals surface area contributed by atoms with Crippen molar-refractivity contribution >= 4 is 33.2 Å². The van der Waals surface area contributed by atoms with Crippen LogP contribution in [0, 0.1) is 6.92 Å². The number of benzene rings is 2. The Morgan fingerprint density at radius 1 is 1.06 bits per heavy atom. The van der Waals surface area contributed by atoms with Gasteiger partial charge < -0.3 is 5.32 Å². The van der Waals surface area contributed by atoms with Crippen LogP contribution in [0.2, 0.25) is 5.02 Å². The van der Waals surface area contributed by atoms with Crippen LogP contribution in [0.25, 0.3) is 0 Å². The van der Waals surface area contributed by atoms with Gasteiger partial charge in [0.25, 0.3) is 0 Å². The molecule has 0 bridgehead atoms. The molecule has 0 radical (unpaired) electrons. The summed E-state index contributed by atoms with van der Waals surface area (Å²) in [7, 11) is -3.91. The second-order valence-electron chi connectivity index (χ2n) is 7.16. The van der Waals surface area contributed by atoms with E-state index in [1.54, 1.807) is 25.1 Å². The molecule has 168 valence electrons. The lowest BCUT2D eigenvalue weighted by molar-refractivity contribution is -0.137. The van der Waals surface area contributed by atoms with Gasteiger partial charge in [0.2, 0.25) is 15.9 Å². The fraction of sp³-hybridized carbons (Fsp3) is 0.350. The maximum Gasteiger partial charge on any atom is 0.416 e. The summed E-state index contributed by atoms with van der Waals surface area (Å²) in [4.78, 5) is 14.0. The van der Waals surface area contributed by atoms with Crippen LogP contribution in [0.15, 0.2) is 47.4 Å². The minimum atomic E-state index is -4.53. The summed E-state index contributed by atoms with van der Waals surface area (Å²) in [6, 6.07) is 8.64. The smallest absolute Gasteiger partial charge is 0.325 e. The van der Waals surface area contributed by atoms with Gasteiger partial charge in [-0.05, 0) is 48.9 Å². The molecule has 1 heterocycles. The number of nitrogens with zero attached hydrogens (tertiary/aromatic N) is 2. The van der Waals surface area contributed by atoms with Gasteiger partial charge in [-0.2, -0.15) is 17.5 Å². The maximum atomic E-state index is 12.7. The zero-order chi connectivity index (χ0) is 22.8. The predicted molar refractivity (Wildman–Crippen MR) is 111 cm³/mol. The topological polar surface area (TPSA) is 69.7 Å². The normalized spacial score (nSPS) is 16.3. The van der Waals surface area contributed by atoms with E-state index >= 15 is 0 Å². The largest absolute Gasteiger partial charge is 0.416 e. The highest BCUT2D eigenvalue weighted by atomic mass is 35.5. The molecule has 6 nitrogen and oxygen atoms in total. The minimum Gasteiger partial charge on any atom is -0.325 e. The molecule has 1 N–H and O–H groups in total. The summed E-state index contributed by atoms with van der Waals surface area (Å²) in [5.74, 6) is -0.246. The van der Waals surface area contributed by atoms with Gasteiger partial charge in [-0.15, -0.1) is 0 Å². The molecular weight excluding hydrogens is 455 g/mol. The molecule has 1 saturated heterocycles. The Kier molecular flexibility index (Phi) is 6.95. The number of hydrogen-bond donors (Lipinski definition) is 1. The third-order valence-electron chi connectivity index (χ3n) is 5.06. The van der Waals surface area contributed by atoms with Gasteiger partial charge in [0, 0.05) is 36.9 Å². The number of anilines is 1. The molecule has 2 aromatic carbocycles. The summed E-state index contributed by atoms with van der Waals surface area (Å²) in [5, 5.41) is 3.34. The van der Waals surface area contributed by atoms with Crippen molar-refractivity contribution in [2.45, 2.75) is 18.0 Å². The lowest BCUT2D eigenvalue weighted by Gasteiger charge is -2.33. The van der Waals surface area contributed by atoms with Crippen LogP contribution in [0.4, 0.5) is 18.9 Å². The highest BCUT2D eigenvalue weighted by Gasteiger charge is 2.32. The van der Waals surface area contributed by atoms with Crippen molar-refractivity contribution in [3.05, 3.63) is 58.6 Å². The molecule has 31 heavy (non-hydrogen) atoms. The molecule has 1 aliphatic rings. The molecule has 0 atom stereocenters. The SMILES string of the molecule is Cc1c(Cl)cccc1NC(=O)CN1CCN(S(=O)(=O)c2ccc(C(F)(F)F)cc2)CC1. The molecule has 0 spiro atoms. The number of rotatable bonds is 5. The Morgan fingerprint density at radius 2 is 1.68 bits per heavy atom. The zero-order valence-electron chi connectivity index (χ0n) is 16.6. The molecule has 0 aliphatic carbocycles. The van der Waals surface area contributed by atoms with Gasteiger partial charge >= 0.3 is 6.18 Å². The Morgan fingerprint density at radius 3 is 2.26 bits per heavy atom. The summed E-state index contributed by atoms with van der Waals surface area (Å²) >= 11 is 6.05. The summed E-state index contributed by atoms with van der Waals surface area (Å²) in [6.45, 7) is 2.78. The van der Waals surface area contributed by atoms with Crippen LogP contribution in [0.3, 0.4) is 0 Å². The highest BCUT2D eigenvalue weighted by molar-refractivity contribution is 7.89. The Balaban J connectivity index is 1.57. The molecule has 3 rings (SSSR count). The third-order valence-corrected chi connectivity index (χ3v) is 7.38. The van der Waals surface area contributed by atoms with Gasteiger partial charge in [-0.25, -0.2) is 8.42 Å². The molecule has 0 aromatic heterocycles. The van der Waals surface area contributed by atoms with Gasteiger partial charge in [0.1, 0.15) is 0 Å². The predicted octanol–water partition coefficient (Wildman–Crippen LogP) is 3.61. The second-order valence-corrected chi connectivity index (χ2v) is 9.51. The average Bonchev–Trinajstić information content (AvgIpc) is 2.71. The molecule has 11 heteroatoms. The number of halogens is 4. The van der Waals surface area contributed by atoms with Gasteiger partial charge in [0.05, 0.1) is 17.0 Å². The van der Waals surface area contributed by atoms with E-state index in [0.717, 1.165) is 29.8 Å². The number of sulfonamides is 1. The van der Waals surface area contributed by atoms with Crippen LogP contribution in [-0.2, 0) is 21.0 Å². The highest BCUT2D eigenvalue weighted by Crippen LogP contribution is 2.30. The fourth-order valence-corrected chi connectivity index (χ4v) is 4.83. The summed E-state index contributed by atoms with van der Waals surface area (Å²) in [6.07, 6.45) is -4.53. The van der Waals surface area contributed by atoms with E-state index in [9.17, 15) is 26.4 Å². The lowest BCUT2D eigenvalue weighted by Crippen LogP contribution is -2.50. The number of hydrogen-bond acceptors (Lipinski definition) is 4. The monoisotopic (exact) mass is 475 g/mol. The quantitative estimate of drug-likeness (QED) is 0.717. The van der Waals surface area contributed by atoms with Crippen molar-refractivity contribution in [1.82, 2.24) is 9.21 Å². The number of amides is 1. The van der Waals surface area contributed by atoms with E-state index in [4.69, 9.17) is 11.6 Å². The third kappa shape index (κ3) is 5.57. The van der Waals surface area contributed by atoms with Crippen LogP contribution >= 0.6 is 11.6 Å². The van der Waals surface area contributed by atoms with Crippen molar-refractivity contribution < 1.29 is 26.4 Å². The Labute approximate surface area is 183 Å². The first-order valence-electron chi connectivity index (χ1n) is 9.43. The van der Waals surface area contributed by atoms with Crippen molar-refractivity contribution in [2.24, 2.45) is 0 Å². The summed E-state index contributed by atoms with van der Waals surface area (Å²) < 4.78 is 64.7. The Bertz CT molecular complexity index is 1050. The maximum absolute atomic E-state index is 12.7. The van der Waals surface area contributed by atoms with Crippen molar-refractivity contribution in [1.29, 1.82) is 0 Å². The molecule has 1 amide bonds. The van der Waals surface area contributed by atoms with Crippen LogP contribution in [0.1, 0.15) is 11.1 Å². The number of piperazine rings is 1. The number of carbonyl (C=O) groups excluding carboxylic acids is 1. The van der Waals surface area contributed by atoms with Gasteiger partial charge in [0.15, 0.2) is 0 Å². The standard InChI is InChI=1S/C20H21ClF3N3O3S/c1-14-17(21)3-2-4-18(14)25-19(28)13-26-9-11-27(12-10-26)31(29,30)16-7-5-15(6-8-16)20(22,23)24/h2-8H,9-13H2,1H3,(H,25,28). The number of carbonyl (C=O) groups is 1. The van der Waals surface area contributed by atoms with E-state index in [-0.39, 0.29) is 30.4 Å². The van der Waals surface area contributed by atoms with Crippen LogP contribution in [-0.4, -0.2) is 56.3 Å². The molecule has 1 fully saturated rings. The van der Waals surface area contributed by atoms with E-state index in [0.29, 0.717) is 23.8 Å². The first-order valence-corrected chi connectivity index (χ1v) is 11.2. The molecular formula is C20H21ClF3N3O3S. The lowest BCUT2D eigenvalue weighted by atomic mass is 10.2. The van der Waals surface area contributed by atoms with E-state index < -0.39 is 21.8 Å². The number of nitrogens with one attached hydrogen (secondary N) is 1. The minimum absolute atomic E-state index is 0.0835. The average molecular weight is 476 g/mol. The van der Waals surface area contributed by atoms with E-state index in [1.807, 2.05) is 4.90 Å². The molecule has 0 saturated carbocycles. The van der Waals surface area contributed by atoms with Crippen LogP contribution in [0.5, 0.6) is 0 Å². The van der Waals surface area contributed by atoms with Crippen molar-refractivity contribution in [3.63, 3.8) is 0 Å². The van der Waals surface area contributed by atoms with Crippen molar-refractivity contribution in [2.75, 3.05) is 38.0 Å². The van der Waals surface area contributed by atoms with Gasteiger partial charge in [-0.1, -0.05) is 17.7 Å². The van der Waals surface area contributed by atoms with E-state index in [2.05, 4.69) is 5.32 Å². The Hall–Kier alpha value is -2.14. The fourth-order valence-electron chi connectivity index (χ4n) is 3.23. The first kappa shape index (κ1) is 23.5. The first-order chi connectivity index (χ1) is 14.5. The molecule has 0 unspecified atom stereocenters. The van der Waals surface area contributed by atoms with Crippen molar-refractivity contribution in [3.8, 4) is 0 Å². The molecule has 2 aromatic rings. The summed E-state index contributed by atoms with van der Waals surface area (Å²) in [5.41, 5.74) is 0.461. The van der Waals surface area contributed by atoms with Crippen LogP contribution < -0.4 is 5.32 Å². The van der Waals surface area contributed by atoms with Gasteiger partial charge in [-0.3, -0.25) is 9.69 Å².